The van der Waals surface area contributed by atoms with Crippen molar-refractivity contribution in [3.63, 3.8) is 0 Å². The van der Waals surface area contributed by atoms with Crippen LogP contribution in [0.4, 0.5) is 5.69 Å². The minimum atomic E-state index is -0.0357. The zero-order chi connectivity index (χ0) is 18.4. The highest BCUT2D eigenvalue weighted by Gasteiger charge is 2.14. The minimum absolute atomic E-state index is 0.0357. The first-order valence-electron chi connectivity index (χ1n) is 8.41. The molecular formula is C21H22N2O2S. The second kappa shape index (κ2) is 8.54. The Balaban J connectivity index is 1.71. The molecule has 0 fully saturated rings. The summed E-state index contributed by atoms with van der Waals surface area (Å²) in [6.07, 6.45) is 5.11. The number of carbonyl (C=O) groups excluding carboxylic acids is 1. The average Bonchev–Trinajstić information content (AvgIpc) is 3.33. The molecule has 3 aromatic rings. The molecule has 2 aromatic heterocycles. The van der Waals surface area contributed by atoms with E-state index in [1.54, 1.807) is 28.6 Å². The minimum Gasteiger partial charge on any atom is -0.467 e. The maximum Gasteiger partial charge on any atom is 0.247 e. The van der Waals surface area contributed by atoms with Crippen molar-refractivity contribution >= 4 is 29.0 Å². The molecule has 0 radical (unpaired) electrons. The Morgan fingerprint density at radius 1 is 1.08 bits per heavy atom. The third-order valence-corrected chi connectivity index (χ3v) is 4.85. The third kappa shape index (κ3) is 4.86. The van der Waals surface area contributed by atoms with Crippen molar-refractivity contribution in [3.05, 3.63) is 82.5 Å². The highest BCUT2D eigenvalue weighted by atomic mass is 32.1. The van der Waals surface area contributed by atoms with E-state index in [1.165, 1.54) is 0 Å². The van der Waals surface area contributed by atoms with Gasteiger partial charge in [-0.1, -0.05) is 18.2 Å². The summed E-state index contributed by atoms with van der Waals surface area (Å²) in [5.74, 6) is 0.741. The molecule has 0 N–H and O–H groups in total. The molecule has 0 spiro atoms. The summed E-state index contributed by atoms with van der Waals surface area (Å²) in [6.45, 7) is 1.02. The van der Waals surface area contributed by atoms with Crippen molar-refractivity contribution in [2.45, 2.75) is 13.1 Å². The summed E-state index contributed by atoms with van der Waals surface area (Å²) in [7, 11) is 4.01. The van der Waals surface area contributed by atoms with Crippen LogP contribution in [0, 0.1) is 0 Å². The first-order chi connectivity index (χ1) is 12.6. The van der Waals surface area contributed by atoms with Gasteiger partial charge in [-0.05, 0) is 47.4 Å². The SMILES string of the molecule is CN(C)c1ccc(/C=C/C(=O)N(Cc2ccco2)Cc2cccs2)cc1. The molecule has 0 saturated heterocycles. The van der Waals surface area contributed by atoms with Crippen molar-refractivity contribution in [3.8, 4) is 0 Å². The van der Waals surface area contributed by atoms with Crippen LogP contribution in [-0.4, -0.2) is 24.9 Å². The molecule has 0 atom stereocenters. The van der Waals surface area contributed by atoms with E-state index in [1.807, 2.05) is 79.0 Å². The Kier molecular flexibility index (Phi) is 5.92. The van der Waals surface area contributed by atoms with Gasteiger partial charge < -0.3 is 14.2 Å². The van der Waals surface area contributed by atoms with Gasteiger partial charge in [0.05, 0.1) is 19.4 Å². The van der Waals surface area contributed by atoms with E-state index in [2.05, 4.69) is 0 Å². The van der Waals surface area contributed by atoms with Gasteiger partial charge in [0, 0.05) is 30.7 Å². The highest BCUT2D eigenvalue weighted by molar-refractivity contribution is 7.09. The van der Waals surface area contributed by atoms with Crippen LogP contribution in [0.25, 0.3) is 6.08 Å². The fourth-order valence-electron chi connectivity index (χ4n) is 2.55. The van der Waals surface area contributed by atoms with Crippen molar-refractivity contribution < 1.29 is 9.21 Å². The molecule has 1 aromatic carbocycles. The van der Waals surface area contributed by atoms with Gasteiger partial charge in [0.1, 0.15) is 5.76 Å². The van der Waals surface area contributed by atoms with Crippen LogP contribution in [0.15, 0.2) is 70.7 Å². The molecule has 134 valence electrons. The van der Waals surface area contributed by atoms with E-state index in [4.69, 9.17) is 4.42 Å². The van der Waals surface area contributed by atoms with E-state index in [-0.39, 0.29) is 5.91 Å². The quantitative estimate of drug-likeness (QED) is 0.571. The molecule has 0 aliphatic carbocycles. The number of rotatable bonds is 7. The lowest BCUT2D eigenvalue weighted by Gasteiger charge is -2.19. The third-order valence-electron chi connectivity index (χ3n) is 3.99. The molecule has 26 heavy (non-hydrogen) atoms. The number of nitrogens with zero attached hydrogens (tertiary/aromatic N) is 2. The van der Waals surface area contributed by atoms with Crippen LogP contribution in [0.1, 0.15) is 16.2 Å². The largest absolute Gasteiger partial charge is 0.467 e. The summed E-state index contributed by atoms with van der Waals surface area (Å²) in [5.41, 5.74) is 2.13. The monoisotopic (exact) mass is 366 g/mol. The predicted octanol–water partition coefficient (Wildman–Crippen LogP) is 4.65. The van der Waals surface area contributed by atoms with Crippen LogP contribution in [-0.2, 0) is 17.9 Å². The Morgan fingerprint density at radius 3 is 2.50 bits per heavy atom. The number of benzene rings is 1. The van der Waals surface area contributed by atoms with Gasteiger partial charge in [0.15, 0.2) is 0 Å². The normalized spacial score (nSPS) is 11.0. The highest BCUT2D eigenvalue weighted by Crippen LogP contribution is 2.17. The number of amides is 1. The topological polar surface area (TPSA) is 36.7 Å². The van der Waals surface area contributed by atoms with Crippen molar-refractivity contribution in [2.24, 2.45) is 0 Å². The van der Waals surface area contributed by atoms with Crippen LogP contribution < -0.4 is 4.90 Å². The van der Waals surface area contributed by atoms with Gasteiger partial charge in [-0.25, -0.2) is 0 Å². The molecule has 5 heteroatoms. The Bertz CT molecular complexity index is 799. The molecular weight excluding hydrogens is 344 g/mol. The van der Waals surface area contributed by atoms with E-state index in [9.17, 15) is 4.79 Å². The molecule has 0 aliphatic rings. The maximum atomic E-state index is 12.7. The molecule has 1 amide bonds. The lowest BCUT2D eigenvalue weighted by molar-refractivity contribution is -0.127. The van der Waals surface area contributed by atoms with Crippen LogP contribution in [0.2, 0.25) is 0 Å². The Hall–Kier alpha value is -2.79. The maximum absolute atomic E-state index is 12.7. The van der Waals surface area contributed by atoms with Gasteiger partial charge >= 0.3 is 0 Å². The zero-order valence-corrected chi connectivity index (χ0v) is 15.8. The number of carbonyl (C=O) groups is 1. The van der Waals surface area contributed by atoms with E-state index < -0.39 is 0 Å². The lowest BCUT2D eigenvalue weighted by atomic mass is 10.2. The second-order valence-corrected chi connectivity index (χ2v) is 7.20. The van der Waals surface area contributed by atoms with Crippen molar-refractivity contribution in [1.82, 2.24) is 4.90 Å². The number of hydrogen-bond acceptors (Lipinski definition) is 4. The number of hydrogen-bond donors (Lipinski definition) is 0. The first-order valence-corrected chi connectivity index (χ1v) is 9.29. The standard InChI is InChI=1S/C21H22N2O2S/c1-22(2)18-10-7-17(8-11-18)9-12-21(24)23(15-19-5-3-13-25-19)16-20-6-4-14-26-20/h3-14H,15-16H2,1-2H3/b12-9+. The van der Waals surface area contributed by atoms with Crippen molar-refractivity contribution in [1.29, 1.82) is 0 Å². The van der Waals surface area contributed by atoms with E-state index in [0.717, 1.165) is 21.9 Å². The van der Waals surface area contributed by atoms with Crippen LogP contribution in [0.5, 0.6) is 0 Å². The second-order valence-electron chi connectivity index (χ2n) is 6.17. The molecule has 4 nitrogen and oxygen atoms in total. The summed E-state index contributed by atoms with van der Waals surface area (Å²) in [6, 6.07) is 15.9. The summed E-state index contributed by atoms with van der Waals surface area (Å²) < 4.78 is 5.41. The van der Waals surface area contributed by atoms with E-state index in [0.29, 0.717) is 13.1 Å². The Morgan fingerprint density at radius 2 is 1.88 bits per heavy atom. The van der Waals surface area contributed by atoms with Gasteiger partial charge in [-0.2, -0.15) is 0 Å². The number of thiophene rings is 1. The number of furan rings is 1. The summed E-state index contributed by atoms with van der Waals surface area (Å²) in [4.78, 5) is 17.7. The van der Waals surface area contributed by atoms with Gasteiger partial charge in [-0.3, -0.25) is 4.79 Å². The summed E-state index contributed by atoms with van der Waals surface area (Å²) >= 11 is 1.65. The molecule has 0 aliphatic heterocycles. The van der Waals surface area contributed by atoms with Gasteiger partial charge in [-0.15, -0.1) is 11.3 Å². The van der Waals surface area contributed by atoms with Crippen molar-refractivity contribution in [2.75, 3.05) is 19.0 Å². The van der Waals surface area contributed by atoms with Crippen LogP contribution >= 0.6 is 11.3 Å². The smallest absolute Gasteiger partial charge is 0.247 e. The molecule has 0 bridgehead atoms. The number of anilines is 1. The molecule has 0 unspecified atom stereocenters. The average molecular weight is 366 g/mol. The fourth-order valence-corrected chi connectivity index (χ4v) is 3.27. The fraction of sp³-hybridized carbons (Fsp3) is 0.190. The Labute approximate surface area is 158 Å². The lowest BCUT2D eigenvalue weighted by Crippen LogP contribution is -2.27. The van der Waals surface area contributed by atoms with Gasteiger partial charge in [0.25, 0.3) is 0 Å². The predicted molar refractivity (Wildman–Crippen MR) is 107 cm³/mol. The molecule has 2 heterocycles. The first kappa shape index (κ1) is 18.0. The van der Waals surface area contributed by atoms with E-state index >= 15 is 0 Å². The molecule has 0 saturated carbocycles. The van der Waals surface area contributed by atoms with Gasteiger partial charge in [0.2, 0.25) is 5.91 Å². The van der Waals surface area contributed by atoms with Crippen LogP contribution in [0.3, 0.4) is 0 Å². The molecule has 3 rings (SSSR count). The summed E-state index contributed by atoms with van der Waals surface area (Å²) in [5, 5.41) is 2.02. The zero-order valence-electron chi connectivity index (χ0n) is 15.0.